The molecule has 0 bridgehead atoms. The number of hydrogen-bond acceptors (Lipinski definition) is 4. The molecular weight excluding hydrogens is 254 g/mol. The Balaban J connectivity index is 2.12. The van der Waals surface area contributed by atoms with Gasteiger partial charge in [0.25, 0.3) is 0 Å². The maximum atomic E-state index is 9.22. The van der Waals surface area contributed by atoms with Crippen molar-refractivity contribution in [3.8, 4) is 28.8 Å². The average Bonchev–Trinajstić information content (AvgIpc) is 2.65. The number of ether oxygens (including phenoxy) is 2. The average molecular weight is 269 g/mol. The van der Waals surface area contributed by atoms with Crippen LogP contribution in [0.1, 0.15) is 17.9 Å². The Morgan fingerprint density at radius 2 is 2.00 bits per heavy atom. The van der Waals surface area contributed by atoms with Gasteiger partial charge in [0.2, 0.25) is 0 Å². The second-order valence-electron chi connectivity index (χ2n) is 4.74. The largest absolute Gasteiger partial charge is 0.490 e. The molecule has 0 unspecified atom stereocenters. The first-order chi connectivity index (χ1) is 9.70. The summed E-state index contributed by atoms with van der Waals surface area (Å²) in [5.41, 5.74) is 2.15. The summed E-state index contributed by atoms with van der Waals surface area (Å²) < 4.78 is 13.2. The van der Waals surface area contributed by atoms with Crippen LogP contribution in [0.4, 0.5) is 0 Å². The van der Waals surface area contributed by atoms with E-state index in [9.17, 15) is 5.26 Å². The third kappa shape index (κ3) is 1.99. The Morgan fingerprint density at radius 1 is 1.25 bits per heavy atom. The smallest absolute Gasteiger partial charge is 0.166 e. The van der Waals surface area contributed by atoms with Crippen molar-refractivity contribution in [3.05, 3.63) is 29.7 Å². The Morgan fingerprint density at radius 3 is 2.75 bits per heavy atom. The minimum absolute atomic E-state index is 0.430. The number of benzene rings is 1. The Labute approximate surface area is 117 Å². The molecule has 0 saturated heterocycles. The lowest BCUT2D eigenvalue weighted by Gasteiger charge is -2.10. The zero-order valence-corrected chi connectivity index (χ0v) is 11.5. The van der Waals surface area contributed by atoms with Crippen LogP contribution in [0.2, 0.25) is 0 Å². The number of rotatable bonds is 1. The van der Waals surface area contributed by atoms with E-state index in [0.29, 0.717) is 18.9 Å². The molecule has 0 saturated carbocycles. The zero-order valence-electron chi connectivity index (χ0n) is 11.5. The molecule has 0 spiro atoms. The third-order valence-electron chi connectivity index (χ3n) is 3.45. The van der Waals surface area contributed by atoms with Crippen molar-refractivity contribution in [2.24, 2.45) is 7.05 Å². The van der Waals surface area contributed by atoms with Gasteiger partial charge in [0, 0.05) is 19.0 Å². The van der Waals surface area contributed by atoms with Gasteiger partial charge in [-0.1, -0.05) is 0 Å². The van der Waals surface area contributed by atoms with Crippen molar-refractivity contribution in [2.45, 2.75) is 13.3 Å². The molecule has 2 heterocycles. The van der Waals surface area contributed by atoms with Gasteiger partial charge in [0.1, 0.15) is 11.9 Å². The van der Waals surface area contributed by atoms with Crippen molar-refractivity contribution in [3.63, 3.8) is 0 Å². The first-order valence-electron chi connectivity index (χ1n) is 6.54. The highest BCUT2D eigenvalue weighted by atomic mass is 16.5. The molecule has 0 radical (unpaired) electrons. The molecule has 102 valence electrons. The molecule has 2 aromatic rings. The van der Waals surface area contributed by atoms with Crippen molar-refractivity contribution in [1.29, 1.82) is 5.26 Å². The summed E-state index contributed by atoms with van der Waals surface area (Å²) in [5.74, 6) is 2.29. The van der Waals surface area contributed by atoms with Crippen LogP contribution in [-0.2, 0) is 7.05 Å². The van der Waals surface area contributed by atoms with Gasteiger partial charge < -0.3 is 14.0 Å². The van der Waals surface area contributed by atoms with E-state index in [1.54, 1.807) is 0 Å². The number of hydrogen-bond donors (Lipinski definition) is 0. The predicted molar refractivity (Wildman–Crippen MR) is 73.7 cm³/mol. The fraction of sp³-hybridized carbons (Fsp3) is 0.333. The molecule has 3 rings (SSSR count). The van der Waals surface area contributed by atoms with Gasteiger partial charge in [-0.05, 0) is 25.1 Å². The summed E-state index contributed by atoms with van der Waals surface area (Å²) >= 11 is 0. The van der Waals surface area contributed by atoms with Crippen LogP contribution in [0.5, 0.6) is 11.5 Å². The quantitative estimate of drug-likeness (QED) is 0.797. The lowest BCUT2D eigenvalue weighted by Crippen LogP contribution is -1.97. The Hall–Kier alpha value is -2.48. The summed E-state index contributed by atoms with van der Waals surface area (Å²) in [6.45, 7) is 3.19. The van der Waals surface area contributed by atoms with Crippen LogP contribution < -0.4 is 9.47 Å². The van der Waals surface area contributed by atoms with Crippen LogP contribution in [0, 0.1) is 18.3 Å². The van der Waals surface area contributed by atoms with Crippen LogP contribution in [0.3, 0.4) is 0 Å². The number of imidazole rings is 1. The van der Waals surface area contributed by atoms with Gasteiger partial charge in [-0.15, -0.1) is 0 Å². The zero-order chi connectivity index (χ0) is 14.1. The summed E-state index contributed by atoms with van der Waals surface area (Å²) in [7, 11) is 1.90. The molecule has 1 aromatic heterocycles. The Bertz CT molecular complexity index is 698. The van der Waals surface area contributed by atoms with E-state index in [1.165, 1.54) is 0 Å². The van der Waals surface area contributed by atoms with Crippen molar-refractivity contribution in [1.82, 2.24) is 9.55 Å². The molecule has 0 amide bonds. The summed E-state index contributed by atoms with van der Waals surface area (Å²) in [6, 6.07) is 7.88. The number of fused-ring (bicyclic) bond motifs is 1. The maximum absolute atomic E-state index is 9.22. The van der Waals surface area contributed by atoms with Crippen LogP contribution in [-0.4, -0.2) is 22.8 Å². The van der Waals surface area contributed by atoms with Gasteiger partial charge in [-0.3, -0.25) is 0 Å². The highest BCUT2D eigenvalue weighted by Crippen LogP contribution is 2.35. The second kappa shape index (κ2) is 4.89. The van der Waals surface area contributed by atoms with Gasteiger partial charge in [-0.25, -0.2) is 4.98 Å². The van der Waals surface area contributed by atoms with Crippen LogP contribution in [0.15, 0.2) is 18.2 Å². The fourth-order valence-electron chi connectivity index (χ4n) is 2.33. The molecule has 0 N–H and O–H groups in total. The minimum atomic E-state index is 0.430. The van der Waals surface area contributed by atoms with E-state index in [-0.39, 0.29) is 0 Å². The van der Waals surface area contributed by atoms with Crippen molar-refractivity contribution >= 4 is 0 Å². The lowest BCUT2D eigenvalue weighted by atomic mass is 10.1. The number of nitriles is 1. The molecule has 1 aliphatic heterocycles. The highest BCUT2D eigenvalue weighted by molar-refractivity contribution is 5.69. The van der Waals surface area contributed by atoms with E-state index in [2.05, 4.69) is 11.1 Å². The first kappa shape index (κ1) is 12.5. The van der Waals surface area contributed by atoms with Crippen LogP contribution in [0.25, 0.3) is 11.3 Å². The molecule has 20 heavy (non-hydrogen) atoms. The van der Waals surface area contributed by atoms with E-state index in [0.717, 1.165) is 35.0 Å². The monoisotopic (exact) mass is 269 g/mol. The summed E-state index contributed by atoms with van der Waals surface area (Å²) in [5, 5.41) is 9.22. The molecule has 0 atom stereocenters. The lowest BCUT2D eigenvalue weighted by molar-refractivity contribution is 0.297. The van der Waals surface area contributed by atoms with E-state index in [1.807, 2.05) is 36.7 Å². The first-order valence-corrected chi connectivity index (χ1v) is 6.54. The second-order valence-corrected chi connectivity index (χ2v) is 4.74. The SMILES string of the molecule is Cc1nc(C#N)c(-c2ccc3c(c2)OCCCO3)n1C. The maximum Gasteiger partial charge on any atom is 0.166 e. The fourth-order valence-corrected chi connectivity index (χ4v) is 2.33. The molecule has 1 aliphatic rings. The molecule has 5 heteroatoms. The number of aromatic nitrogens is 2. The topological polar surface area (TPSA) is 60.1 Å². The molecule has 0 fully saturated rings. The molecule has 5 nitrogen and oxygen atoms in total. The van der Waals surface area contributed by atoms with E-state index >= 15 is 0 Å². The molecular formula is C15H15N3O2. The number of nitrogens with zero attached hydrogens (tertiary/aromatic N) is 3. The van der Waals surface area contributed by atoms with Gasteiger partial charge in [0.15, 0.2) is 17.2 Å². The summed E-state index contributed by atoms with van der Waals surface area (Å²) in [4.78, 5) is 4.27. The normalized spacial score (nSPS) is 13.7. The molecule has 0 aliphatic carbocycles. The Kier molecular flexibility index (Phi) is 3.07. The standard InChI is InChI=1S/C15H15N3O2/c1-10-17-12(9-16)15(18(10)2)11-4-5-13-14(8-11)20-7-3-6-19-13/h4-5,8H,3,6-7H2,1-2H3. The predicted octanol–water partition coefficient (Wildman–Crippen LogP) is 2.43. The van der Waals surface area contributed by atoms with Gasteiger partial charge >= 0.3 is 0 Å². The minimum Gasteiger partial charge on any atom is -0.490 e. The summed E-state index contributed by atoms with van der Waals surface area (Å²) in [6.07, 6.45) is 0.873. The number of aryl methyl sites for hydroxylation is 1. The third-order valence-corrected chi connectivity index (χ3v) is 3.45. The van der Waals surface area contributed by atoms with E-state index < -0.39 is 0 Å². The van der Waals surface area contributed by atoms with E-state index in [4.69, 9.17) is 9.47 Å². The van der Waals surface area contributed by atoms with Crippen LogP contribution >= 0.6 is 0 Å². The highest BCUT2D eigenvalue weighted by Gasteiger charge is 2.17. The van der Waals surface area contributed by atoms with Crippen molar-refractivity contribution < 1.29 is 9.47 Å². The van der Waals surface area contributed by atoms with Crippen molar-refractivity contribution in [2.75, 3.05) is 13.2 Å². The van der Waals surface area contributed by atoms with Gasteiger partial charge in [0.05, 0.1) is 18.9 Å². The van der Waals surface area contributed by atoms with Gasteiger partial charge in [-0.2, -0.15) is 5.26 Å². The molecule has 1 aromatic carbocycles.